The summed E-state index contributed by atoms with van der Waals surface area (Å²) >= 11 is 1.46. The third kappa shape index (κ3) is 8.06. The number of nitrogens with one attached hydrogen (secondary N) is 3. The average Bonchev–Trinajstić information content (AvgIpc) is 3.11. The predicted octanol–water partition coefficient (Wildman–Crippen LogP) is 4.64. The smallest absolute Gasteiger partial charge is 0.494 e. The van der Waals surface area contributed by atoms with Gasteiger partial charge in [-0.15, -0.1) is 0 Å². The number of carbonyl (C=O) groups excluding carboxylic acids is 2. The van der Waals surface area contributed by atoms with Crippen molar-refractivity contribution in [3.05, 3.63) is 53.6 Å². The van der Waals surface area contributed by atoms with Crippen LogP contribution >= 0.6 is 11.9 Å². The molecule has 3 N–H and O–H groups in total. The monoisotopic (exact) mass is 583 g/mol. The number of benzene rings is 2. The van der Waals surface area contributed by atoms with Crippen LogP contribution in [0, 0.1) is 12.3 Å². The highest BCUT2D eigenvalue weighted by Gasteiger charge is 2.51. The molecule has 0 spiro atoms. The van der Waals surface area contributed by atoms with E-state index in [0.717, 1.165) is 21.7 Å². The molecule has 1 heterocycles. The molecule has 2 aromatic carbocycles. The third-order valence-corrected chi connectivity index (χ3v) is 9.59. The fourth-order valence-electron chi connectivity index (χ4n) is 4.17. The molecule has 0 bridgehead atoms. The summed E-state index contributed by atoms with van der Waals surface area (Å²) in [5.74, 6) is 0.519. The van der Waals surface area contributed by atoms with Gasteiger partial charge in [-0.1, -0.05) is 37.6 Å². The van der Waals surface area contributed by atoms with E-state index in [9.17, 15) is 9.59 Å². The zero-order valence-corrected chi connectivity index (χ0v) is 27.0. The summed E-state index contributed by atoms with van der Waals surface area (Å²) < 4.78 is 21.7. The van der Waals surface area contributed by atoms with Gasteiger partial charge in [0.25, 0.3) is 5.91 Å². The van der Waals surface area contributed by atoms with Crippen molar-refractivity contribution in [1.29, 1.82) is 0 Å². The van der Waals surface area contributed by atoms with Crippen molar-refractivity contribution >= 4 is 36.3 Å². The lowest BCUT2D eigenvalue weighted by Crippen LogP contribution is -2.50. The highest BCUT2D eigenvalue weighted by Crippen LogP contribution is 2.39. The van der Waals surface area contributed by atoms with Gasteiger partial charge in [0.2, 0.25) is 5.91 Å². The Morgan fingerprint density at radius 2 is 1.59 bits per heavy atom. The molecule has 0 unspecified atom stereocenters. The molecule has 2 amide bonds. The Labute approximate surface area is 250 Å². The van der Waals surface area contributed by atoms with E-state index in [-0.39, 0.29) is 11.8 Å². The minimum absolute atomic E-state index is 0.0694. The van der Waals surface area contributed by atoms with E-state index in [1.54, 1.807) is 13.2 Å². The highest BCUT2D eigenvalue weighted by atomic mass is 32.2. The van der Waals surface area contributed by atoms with Gasteiger partial charge in [0.05, 0.1) is 23.2 Å². The Morgan fingerprint density at radius 1 is 0.951 bits per heavy atom. The fraction of sp³-hybridized carbons (Fsp3) is 0.548. The Kier molecular flexibility index (Phi) is 10.3. The molecule has 0 radical (unpaired) electrons. The summed E-state index contributed by atoms with van der Waals surface area (Å²) in [6, 6.07) is 13.3. The normalized spacial score (nSPS) is 16.4. The van der Waals surface area contributed by atoms with Crippen molar-refractivity contribution in [1.82, 2.24) is 15.4 Å². The van der Waals surface area contributed by atoms with Gasteiger partial charge in [0.15, 0.2) is 0 Å². The van der Waals surface area contributed by atoms with Crippen LogP contribution in [0.1, 0.15) is 77.7 Å². The van der Waals surface area contributed by atoms with Crippen LogP contribution in [0.25, 0.3) is 0 Å². The topological polar surface area (TPSA) is 97.9 Å². The number of hydrogen-bond donors (Lipinski definition) is 3. The number of amides is 2. The summed E-state index contributed by atoms with van der Waals surface area (Å²) in [5, 5.41) is 5.80. The standard InChI is InChI=1S/C31H46BN3O5S/c1-21-12-11-13-22(18-21)27(37)34-17-16-33-26(36)20-28(2,3)29(4,5)35-41-25-19-23(14-15-24(25)38-10)32-39-30(6,7)31(8,9)40-32/h11-15,18-19,35H,16-17,20H2,1-10H3,(H,33,36)(H,34,37). The third-order valence-electron chi connectivity index (χ3n) is 8.44. The zero-order chi connectivity index (χ0) is 30.6. The molecule has 1 saturated heterocycles. The second-order valence-corrected chi connectivity index (χ2v) is 13.7. The van der Waals surface area contributed by atoms with Crippen molar-refractivity contribution in [2.45, 2.75) is 90.4 Å². The molecule has 10 heteroatoms. The first kappa shape index (κ1) is 33.0. The van der Waals surface area contributed by atoms with Crippen LogP contribution in [0.15, 0.2) is 47.4 Å². The average molecular weight is 584 g/mol. The Bertz CT molecular complexity index is 1230. The molecule has 2 aromatic rings. The first-order valence-corrected chi connectivity index (χ1v) is 14.9. The number of hydrogen-bond acceptors (Lipinski definition) is 7. The van der Waals surface area contributed by atoms with Crippen LogP contribution in [0.3, 0.4) is 0 Å². The first-order chi connectivity index (χ1) is 19.0. The molecule has 1 aliphatic heterocycles. The van der Waals surface area contributed by atoms with E-state index in [1.165, 1.54) is 11.9 Å². The van der Waals surface area contributed by atoms with Gasteiger partial charge in [-0.25, -0.2) is 0 Å². The lowest BCUT2D eigenvalue weighted by molar-refractivity contribution is -0.123. The van der Waals surface area contributed by atoms with Crippen LogP contribution in [0.5, 0.6) is 5.75 Å². The van der Waals surface area contributed by atoms with Gasteiger partial charge in [-0.2, -0.15) is 0 Å². The Hall–Kier alpha value is -2.53. The second kappa shape index (κ2) is 12.8. The van der Waals surface area contributed by atoms with Gasteiger partial charge in [0.1, 0.15) is 5.75 Å². The van der Waals surface area contributed by atoms with Crippen LogP contribution in [0.4, 0.5) is 0 Å². The van der Waals surface area contributed by atoms with Crippen molar-refractivity contribution in [3.63, 3.8) is 0 Å². The number of rotatable bonds is 12. The Balaban J connectivity index is 1.55. The molecule has 0 saturated carbocycles. The molecular weight excluding hydrogens is 537 g/mol. The van der Waals surface area contributed by atoms with E-state index >= 15 is 0 Å². The maximum absolute atomic E-state index is 12.8. The van der Waals surface area contributed by atoms with Crippen molar-refractivity contribution in [2.24, 2.45) is 5.41 Å². The van der Waals surface area contributed by atoms with Crippen LogP contribution in [0.2, 0.25) is 0 Å². The van der Waals surface area contributed by atoms with Crippen LogP contribution in [-0.4, -0.2) is 55.9 Å². The SMILES string of the molecule is COc1ccc(B2OC(C)(C)C(C)(C)O2)cc1SNC(C)(C)C(C)(C)CC(=O)NCCNC(=O)c1cccc(C)c1. The summed E-state index contributed by atoms with van der Waals surface area (Å²) in [4.78, 5) is 26.1. The molecule has 1 aliphatic rings. The molecule has 3 rings (SSSR count). The molecule has 0 aromatic heterocycles. The van der Waals surface area contributed by atoms with E-state index < -0.39 is 29.3 Å². The van der Waals surface area contributed by atoms with Crippen molar-refractivity contribution in [2.75, 3.05) is 20.2 Å². The molecular formula is C31H46BN3O5S. The fourth-order valence-corrected chi connectivity index (χ4v) is 5.26. The van der Waals surface area contributed by atoms with E-state index in [2.05, 4.69) is 43.1 Å². The van der Waals surface area contributed by atoms with Crippen LogP contribution in [-0.2, 0) is 14.1 Å². The zero-order valence-electron chi connectivity index (χ0n) is 26.2. The maximum Gasteiger partial charge on any atom is 0.494 e. The van der Waals surface area contributed by atoms with Gasteiger partial charge in [0, 0.05) is 30.6 Å². The maximum atomic E-state index is 12.8. The number of aryl methyl sites for hydroxylation is 1. The molecule has 0 aliphatic carbocycles. The second-order valence-electron chi connectivity index (χ2n) is 12.9. The quantitative estimate of drug-likeness (QED) is 0.190. The molecule has 1 fully saturated rings. The number of methoxy groups -OCH3 is 1. The van der Waals surface area contributed by atoms with Crippen molar-refractivity contribution in [3.8, 4) is 5.75 Å². The van der Waals surface area contributed by atoms with Gasteiger partial charge < -0.3 is 24.7 Å². The van der Waals surface area contributed by atoms with E-state index in [0.29, 0.717) is 25.1 Å². The minimum atomic E-state index is -0.472. The minimum Gasteiger partial charge on any atom is -0.496 e. The summed E-state index contributed by atoms with van der Waals surface area (Å²) in [6.45, 7) is 19.1. The number of ether oxygens (including phenoxy) is 1. The van der Waals surface area contributed by atoms with Crippen LogP contribution < -0.4 is 25.6 Å². The molecule has 41 heavy (non-hydrogen) atoms. The summed E-state index contributed by atoms with van der Waals surface area (Å²) in [6.07, 6.45) is 0.310. The molecule has 0 atom stereocenters. The summed E-state index contributed by atoms with van der Waals surface area (Å²) in [5.41, 5.74) is 0.870. The Morgan fingerprint density at radius 3 is 2.20 bits per heavy atom. The van der Waals surface area contributed by atoms with E-state index in [4.69, 9.17) is 14.0 Å². The molecule has 8 nitrogen and oxygen atoms in total. The number of carbonyl (C=O) groups is 2. The lowest BCUT2D eigenvalue weighted by Gasteiger charge is -2.41. The van der Waals surface area contributed by atoms with Gasteiger partial charge in [-0.05, 0) is 95.6 Å². The lowest BCUT2D eigenvalue weighted by atomic mass is 9.72. The van der Waals surface area contributed by atoms with Gasteiger partial charge in [-0.3, -0.25) is 14.3 Å². The predicted molar refractivity (Wildman–Crippen MR) is 167 cm³/mol. The van der Waals surface area contributed by atoms with E-state index in [1.807, 2.05) is 71.0 Å². The largest absolute Gasteiger partial charge is 0.496 e. The highest BCUT2D eigenvalue weighted by molar-refractivity contribution is 7.97. The van der Waals surface area contributed by atoms with Gasteiger partial charge >= 0.3 is 7.12 Å². The summed E-state index contributed by atoms with van der Waals surface area (Å²) in [7, 11) is 1.18. The first-order valence-electron chi connectivity index (χ1n) is 14.1. The molecule has 224 valence electrons. The van der Waals surface area contributed by atoms with Crippen molar-refractivity contribution < 1.29 is 23.6 Å².